The van der Waals surface area contributed by atoms with Crippen LogP contribution in [0, 0.1) is 0 Å². The SMILES string of the molecule is CNC(=O)NC1CCN(Cc2cccc(Oc3ccccn3)c2)CC1. The van der Waals surface area contributed by atoms with Crippen LogP contribution in [0.1, 0.15) is 18.4 Å². The molecule has 0 unspecified atom stereocenters. The van der Waals surface area contributed by atoms with E-state index in [0.29, 0.717) is 5.88 Å². The zero-order valence-electron chi connectivity index (χ0n) is 14.4. The number of hydrogen-bond acceptors (Lipinski definition) is 4. The van der Waals surface area contributed by atoms with Crippen molar-refractivity contribution < 1.29 is 9.53 Å². The molecule has 6 heteroatoms. The number of piperidine rings is 1. The van der Waals surface area contributed by atoms with Crippen LogP contribution in [0.3, 0.4) is 0 Å². The first-order valence-corrected chi connectivity index (χ1v) is 8.61. The summed E-state index contributed by atoms with van der Waals surface area (Å²) in [5.74, 6) is 1.40. The molecule has 0 aliphatic carbocycles. The lowest BCUT2D eigenvalue weighted by Crippen LogP contribution is -2.46. The summed E-state index contributed by atoms with van der Waals surface area (Å²) in [5, 5.41) is 5.59. The molecule has 3 rings (SSSR count). The second-order valence-corrected chi connectivity index (χ2v) is 6.19. The van der Waals surface area contributed by atoms with Gasteiger partial charge in [-0.1, -0.05) is 18.2 Å². The van der Waals surface area contributed by atoms with Gasteiger partial charge in [0.2, 0.25) is 5.88 Å². The number of urea groups is 1. The van der Waals surface area contributed by atoms with Gasteiger partial charge in [-0.15, -0.1) is 0 Å². The van der Waals surface area contributed by atoms with Crippen LogP contribution in [0.15, 0.2) is 48.7 Å². The fraction of sp³-hybridized carbons (Fsp3) is 0.368. The molecule has 1 aromatic carbocycles. The van der Waals surface area contributed by atoms with Gasteiger partial charge in [-0.05, 0) is 36.6 Å². The fourth-order valence-corrected chi connectivity index (χ4v) is 2.99. The van der Waals surface area contributed by atoms with Crippen molar-refractivity contribution in [2.45, 2.75) is 25.4 Å². The number of pyridine rings is 1. The number of ether oxygens (including phenoxy) is 1. The number of nitrogens with one attached hydrogen (secondary N) is 2. The molecular weight excluding hydrogens is 316 g/mol. The molecule has 0 saturated carbocycles. The lowest BCUT2D eigenvalue weighted by molar-refractivity contribution is 0.187. The molecule has 1 fully saturated rings. The smallest absolute Gasteiger partial charge is 0.314 e. The summed E-state index contributed by atoms with van der Waals surface area (Å²) in [6.07, 6.45) is 3.66. The van der Waals surface area contributed by atoms with Gasteiger partial charge in [0.1, 0.15) is 5.75 Å². The number of rotatable bonds is 5. The minimum Gasteiger partial charge on any atom is -0.439 e. The highest BCUT2D eigenvalue weighted by Gasteiger charge is 2.20. The van der Waals surface area contributed by atoms with Gasteiger partial charge >= 0.3 is 6.03 Å². The molecule has 2 amide bonds. The Morgan fingerprint density at radius 1 is 1.24 bits per heavy atom. The molecule has 132 valence electrons. The molecule has 2 aromatic rings. The van der Waals surface area contributed by atoms with Crippen molar-refractivity contribution in [3.8, 4) is 11.6 Å². The van der Waals surface area contributed by atoms with Gasteiger partial charge in [0.15, 0.2) is 0 Å². The van der Waals surface area contributed by atoms with Crippen molar-refractivity contribution in [2.24, 2.45) is 0 Å². The normalized spacial score (nSPS) is 15.6. The summed E-state index contributed by atoms with van der Waals surface area (Å²) >= 11 is 0. The molecule has 0 radical (unpaired) electrons. The Bertz CT molecular complexity index is 685. The third-order valence-corrected chi connectivity index (χ3v) is 4.31. The van der Waals surface area contributed by atoms with Crippen molar-refractivity contribution in [3.05, 3.63) is 54.2 Å². The lowest BCUT2D eigenvalue weighted by atomic mass is 10.0. The molecule has 6 nitrogen and oxygen atoms in total. The van der Waals surface area contributed by atoms with Crippen LogP contribution in [0.25, 0.3) is 0 Å². The molecule has 0 spiro atoms. The van der Waals surface area contributed by atoms with E-state index in [1.807, 2.05) is 30.3 Å². The van der Waals surface area contributed by atoms with Gasteiger partial charge < -0.3 is 15.4 Å². The molecule has 0 atom stereocenters. The van der Waals surface area contributed by atoms with Gasteiger partial charge in [0.05, 0.1) is 0 Å². The third-order valence-electron chi connectivity index (χ3n) is 4.31. The van der Waals surface area contributed by atoms with E-state index in [4.69, 9.17) is 4.74 Å². The molecule has 25 heavy (non-hydrogen) atoms. The Labute approximate surface area is 148 Å². The number of nitrogens with zero attached hydrogens (tertiary/aromatic N) is 2. The highest BCUT2D eigenvalue weighted by Crippen LogP contribution is 2.21. The summed E-state index contributed by atoms with van der Waals surface area (Å²) in [4.78, 5) is 18.0. The molecule has 1 aromatic heterocycles. The number of aromatic nitrogens is 1. The fourth-order valence-electron chi connectivity index (χ4n) is 2.99. The average Bonchev–Trinajstić information content (AvgIpc) is 2.64. The minimum absolute atomic E-state index is 0.0992. The van der Waals surface area contributed by atoms with Gasteiger partial charge in [-0.25, -0.2) is 9.78 Å². The highest BCUT2D eigenvalue weighted by atomic mass is 16.5. The Balaban J connectivity index is 1.52. The molecular formula is C19H24N4O2. The van der Waals surface area contributed by atoms with Crippen LogP contribution >= 0.6 is 0 Å². The van der Waals surface area contributed by atoms with Crippen molar-refractivity contribution in [1.82, 2.24) is 20.5 Å². The lowest BCUT2D eigenvalue weighted by Gasteiger charge is -2.32. The maximum atomic E-state index is 11.4. The Kier molecular flexibility index (Phi) is 5.85. The number of likely N-dealkylation sites (tertiary alicyclic amines) is 1. The van der Waals surface area contributed by atoms with E-state index >= 15 is 0 Å². The standard InChI is InChI=1S/C19H24N4O2/c1-20-19(24)22-16-8-11-23(12-9-16)14-15-5-4-6-17(13-15)25-18-7-2-3-10-21-18/h2-7,10,13,16H,8-9,11-12,14H2,1H3,(H2,20,22,24). The molecule has 2 N–H and O–H groups in total. The van der Waals surface area contributed by atoms with Crippen molar-refractivity contribution in [3.63, 3.8) is 0 Å². The first-order chi connectivity index (χ1) is 12.2. The maximum absolute atomic E-state index is 11.4. The van der Waals surface area contributed by atoms with Crippen LogP contribution < -0.4 is 15.4 Å². The number of amides is 2. The largest absolute Gasteiger partial charge is 0.439 e. The van der Waals surface area contributed by atoms with Gasteiger partial charge in [0.25, 0.3) is 0 Å². The Morgan fingerprint density at radius 2 is 2.08 bits per heavy atom. The zero-order valence-corrected chi connectivity index (χ0v) is 14.4. The summed E-state index contributed by atoms with van der Waals surface area (Å²) in [6.45, 7) is 2.83. The second-order valence-electron chi connectivity index (χ2n) is 6.19. The number of benzene rings is 1. The first-order valence-electron chi connectivity index (χ1n) is 8.61. The van der Waals surface area contributed by atoms with Crippen LogP contribution in [-0.2, 0) is 6.54 Å². The predicted molar refractivity (Wildman–Crippen MR) is 96.6 cm³/mol. The molecule has 2 heterocycles. The Hall–Kier alpha value is -2.60. The van der Waals surface area contributed by atoms with E-state index in [0.717, 1.165) is 38.2 Å². The molecule has 0 bridgehead atoms. The number of hydrogen-bond donors (Lipinski definition) is 2. The van der Waals surface area contributed by atoms with Gasteiger partial charge in [0, 0.05) is 45.0 Å². The van der Waals surface area contributed by atoms with Gasteiger partial charge in [-0.3, -0.25) is 4.90 Å². The van der Waals surface area contributed by atoms with Crippen molar-refractivity contribution in [1.29, 1.82) is 0 Å². The van der Waals surface area contributed by atoms with E-state index in [-0.39, 0.29) is 12.1 Å². The van der Waals surface area contributed by atoms with Crippen molar-refractivity contribution >= 4 is 6.03 Å². The quantitative estimate of drug-likeness (QED) is 0.878. The minimum atomic E-state index is -0.0992. The van der Waals surface area contributed by atoms with Crippen LogP contribution in [0.4, 0.5) is 4.79 Å². The topological polar surface area (TPSA) is 66.5 Å². The third kappa shape index (κ3) is 5.19. The highest BCUT2D eigenvalue weighted by molar-refractivity contribution is 5.73. The molecule has 1 aliphatic rings. The number of carbonyl (C=O) groups is 1. The monoisotopic (exact) mass is 340 g/mol. The van der Waals surface area contributed by atoms with E-state index in [2.05, 4.69) is 32.7 Å². The summed E-state index contributed by atoms with van der Waals surface area (Å²) in [6, 6.07) is 13.9. The average molecular weight is 340 g/mol. The van der Waals surface area contributed by atoms with Crippen LogP contribution in [0.5, 0.6) is 11.6 Å². The van der Waals surface area contributed by atoms with Crippen molar-refractivity contribution in [2.75, 3.05) is 20.1 Å². The van der Waals surface area contributed by atoms with Gasteiger partial charge in [-0.2, -0.15) is 0 Å². The Morgan fingerprint density at radius 3 is 2.80 bits per heavy atom. The van der Waals surface area contributed by atoms with Crippen LogP contribution in [0.2, 0.25) is 0 Å². The summed E-state index contributed by atoms with van der Waals surface area (Å²) < 4.78 is 5.80. The molecule has 1 aliphatic heterocycles. The number of carbonyl (C=O) groups excluding carboxylic acids is 1. The first kappa shape index (κ1) is 17.2. The zero-order chi connectivity index (χ0) is 17.5. The van der Waals surface area contributed by atoms with E-state index < -0.39 is 0 Å². The van der Waals surface area contributed by atoms with E-state index in [1.165, 1.54) is 5.56 Å². The summed E-state index contributed by atoms with van der Waals surface area (Å²) in [7, 11) is 1.64. The van der Waals surface area contributed by atoms with E-state index in [1.54, 1.807) is 13.2 Å². The second kappa shape index (κ2) is 8.48. The maximum Gasteiger partial charge on any atom is 0.314 e. The van der Waals surface area contributed by atoms with E-state index in [9.17, 15) is 4.79 Å². The predicted octanol–water partition coefficient (Wildman–Crippen LogP) is 2.77. The summed E-state index contributed by atoms with van der Waals surface area (Å²) in [5.41, 5.74) is 1.21. The molecule has 1 saturated heterocycles. The van der Waals surface area contributed by atoms with Crippen LogP contribution in [-0.4, -0.2) is 42.1 Å².